The molecule has 0 amide bonds. The number of hydrogen-bond acceptors (Lipinski definition) is 2. The molecule has 98 valence electrons. The first-order valence-electron chi connectivity index (χ1n) is 6.07. The molecule has 5 heteroatoms. The van der Waals surface area contributed by atoms with E-state index in [1.54, 1.807) is 12.1 Å². The fraction of sp³-hybridized carbons (Fsp3) is 0.462. The molecule has 0 radical (unpaired) electrons. The minimum absolute atomic E-state index is 0.178. The molecule has 1 aliphatic rings. The summed E-state index contributed by atoms with van der Waals surface area (Å²) in [6.07, 6.45) is 2.83. The second-order valence-corrected chi connectivity index (χ2v) is 5.15. The van der Waals surface area contributed by atoms with E-state index >= 15 is 0 Å². The molecule has 2 rings (SSSR count). The third-order valence-corrected chi connectivity index (χ3v) is 3.36. The number of benzene rings is 1. The van der Waals surface area contributed by atoms with Gasteiger partial charge in [0.05, 0.1) is 5.84 Å². The van der Waals surface area contributed by atoms with Crippen molar-refractivity contribution in [2.75, 3.05) is 6.54 Å². The minimum atomic E-state index is -0.268. The highest BCUT2D eigenvalue weighted by Crippen LogP contribution is 2.29. The van der Waals surface area contributed by atoms with Crippen molar-refractivity contribution in [1.29, 1.82) is 5.41 Å². The van der Waals surface area contributed by atoms with E-state index in [2.05, 4.69) is 4.90 Å². The summed E-state index contributed by atoms with van der Waals surface area (Å²) >= 11 is 5.73. The Morgan fingerprint density at radius 1 is 1.50 bits per heavy atom. The van der Waals surface area contributed by atoms with Gasteiger partial charge in [0.1, 0.15) is 5.82 Å². The van der Waals surface area contributed by atoms with Gasteiger partial charge in [0.15, 0.2) is 0 Å². The number of hydrogen-bond donors (Lipinski definition) is 2. The lowest BCUT2D eigenvalue weighted by atomic mass is 10.2. The number of rotatable bonds is 6. The van der Waals surface area contributed by atoms with Gasteiger partial charge in [-0.2, -0.15) is 0 Å². The molecule has 1 saturated carbocycles. The van der Waals surface area contributed by atoms with Crippen molar-refractivity contribution in [3.63, 3.8) is 0 Å². The highest BCUT2D eigenvalue weighted by Gasteiger charge is 2.29. The Hall–Kier alpha value is -1.13. The number of nitrogens with one attached hydrogen (secondary N) is 1. The zero-order valence-corrected chi connectivity index (χ0v) is 10.9. The maximum atomic E-state index is 13.7. The Bertz CT molecular complexity index is 446. The first-order valence-corrected chi connectivity index (χ1v) is 6.45. The summed E-state index contributed by atoms with van der Waals surface area (Å²) in [4.78, 5) is 2.19. The van der Waals surface area contributed by atoms with E-state index in [-0.39, 0.29) is 11.7 Å². The molecule has 1 fully saturated rings. The van der Waals surface area contributed by atoms with Crippen LogP contribution in [0.2, 0.25) is 5.02 Å². The van der Waals surface area contributed by atoms with Crippen molar-refractivity contribution in [2.45, 2.75) is 31.8 Å². The summed E-state index contributed by atoms with van der Waals surface area (Å²) in [6.45, 7) is 1.27. The van der Waals surface area contributed by atoms with Crippen LogP contribution in [0.25, 0.3) is 0 Å². The largest absolute Gasteiger partial charge is 0.388 e. The first kappa shape index (κ1) is 13.3. The first-order chi connectivity index (χ1) is 8.56. The van der Waals surface area contributed by atoms with Gasteiger partial charge in [-0.05, 0) is 25.0 Å². The number of nitrogens with two attached hydrogens (primary N) is 1. The molecular formula is C13H17ClFN3. The van der Waals surface area contributed by atoms with Crippen molar-refractivity contribution in [1.82, 2.24) is 4.90 Å². The zero-order chi connectivity index (χ0) is 13.1. The van der Waals surface area contributed by atoms with E-state index in [9.17, 15) is 4.39 Å². The van der Waals surface area contributed by atoms with Gasteiger partial charge in [-0.1, -0.05) is 17.7 Å². The van der Waals surface area contributed by atoms with Crippen LogP contribution >= 0.6 is 11.6 Å². The van der Waals surface area contributed by atoms with E-state index in [1.807, 2.05) is 0 Å². The fourth-order valence-corrected chi connectivity index (χ4v) is 2.12. The lowest BCUT2D eigenvalue weighted by molar-refractivity contribution is 0.258. The predicted molar refractivity (Wildman–Crippen MR) is 71.4 cm³/mol. The molecule has 0 aromatic heterocycles. The van der Waals surface area contributed by atoms with Gasteiger partial charge in [0.2, 0.25) is 0 Å². The minimum Gasteiger partial charge on any atom is -0.388 e. The van der Waals surface area contributed by atoms with Crippen LogP contribution < -0.4 is 5.73 Å². The van der Waals surface area contributed by atoms with Crippen molar-refractivity contribution >= 4 is 17.4 Å². The fourth-order valence-electron chi connectivity index (χ4n) is 1.96. The Morgan fingerprint density at radius 3 is 2.78 bits per heavy atom. The van der Waals surface area contributed by atoms with Crippen molar-refractivity contribution in [2.24, 2.45) is 5.73 Å². The molecule has 0 bridgehead atoms. The molecule has 1 aromatic rings. The average Bonchev–Trinajstić information content (AvgIpc) is 3.10. The van der Waals surface area contributed by atoms with Gasteiger partial charge < -0.3 is 5.73 Å². The molecule has 1 aliphatic carbocycles. The summed E-state index contributed by atoms with van der Waals surface area (Å²) < 4.78 is 13.7. The van der Waals surface area contributed by atoms with Crippen LogP contribution in [0.4, 0.5) is 4.39 Å². The normalized spacial score (nSPS) is 15.1. The van der Waals surface area contributed by atoms with Gasteiger partial charge in [-0.25, -0.2) is 4.39 Å². The summed E-state index contributed by atoms with van der Waals surface area (Å²) in [7, 11) is 0. The molecule has 0 atom stereocenters. The van der Waals surface area contributed by atoms with Crippen LogP contribution in [-0.2, 0) is 6.54 Å². The van der Waals surface area contributed by atoms with Gasteiger partial charge >= 0.3 is 0 Å². The summed E-state index contributed by atoms with van der Waals surface area (Å²) in [5.74, 6) is -0.0896. The molecule has 18 heavy (non-hydrogen) atoms. The third-order valence-electron chi connectivity index (χ3n) is 3.12. The number of amidine groups is 1. The molecule has 0 heterocycles. The Kier molecular flexibility index (Phi) is 4.19. The van der Waals surface area contributed by atoms with Crippen LogP contribution in [0.5, 0.6) is 0 Å². The molecule has 0 saturated heterocycles. The quantitative estimate of drug-likeness (QED) is 0.616. The molecule has 0 unspecified atom stereocenters. The molecular weight excluding hydrogens is 253 g/mol. The maximum Gasteiger partial charge on any atom is 0.129 e. The molecule has 3 N–H and O–H groups in total. The Balaban J connectivity index is 2.01. The van der Waals surface area contributed by atoms with Crippen LogP contribution in [0.3, 0.4) is 0 Å². The predicted octanol–water partition coefficient (Wildman–Crippen LogP) is 2.77. The SMILES string of the molecule is N=C(N)CCN(Cc1ccc(Cl)cc1F)C1CC1. The summed E-state index contributed by atoms with van der Waals surface area (Å²) in [6, 6.07) is 5.28. The second kappa shape index (κ2) is 5.67. The topological polar surface area (TPSA) is 53.1 Å². The average molecular weight is 270 g/mol. The van der Waals surface area contributed by atoms with Crippen LogP contribution in [0.15, 0.2) is 18.2 Å². The monoisotopic (exact) mass is 269 g/mol. The van der Waals surface area contributed by atoms with E-state index in [4.69, 9.17) is 22.7 Å². The maximum absolute atomic E-state index is 13.7. The highest BCUT2D eigenvalue weighted by molar-refractivity contribution is 6.30. The zero-order valence-electron chi connectivity index (χ0n) is 10.1. The third kappa shape index (κ3) is 3.68. The highest BCUT2D eigenvalue weighted by atomic mass is 35.5. The van der Waals surface area contributed by atoms with Gasteiger partial charge in [0.25, 0.3) is 0 Å². The smallest absolute Gasteiger partial charge is 0.129 e. The van der Waals surface area contributed by atoms with E-state index in [0.29, 0.717) is 36.1 Å². The van der Waals surface area contributed by atoms with Crippen molar-refractivity contribution in [3.8, 4) is 0 Å². The van der Waals surface area contributed by atoms with Crippen LogP contribution in [-0.4, -0.2) is 23.3 Å². The Labute approximate surface area is 111 Å². The number of nitrogens with zero attached hydrogens (tertiary/aromatic N) is 1. The molecule has 0 aliphatic heterocycles. The van der Waals surface area contributed by atoms with Crippen molar-refractivity contribution < 1.29 is 4.39 Å². The van der Waals surface area contributed by atoms with E-state index < -0.39 is 0 Å². The molecule has 3 nitrogen and oxygen atoms in total. The van der Waals surface area contributed by atoms with Gasteiger partial charge in [-0.3, -0.25) is 10.3 Å². The van der Waals surface area contributed by atoms with E-state index in [0.717, 1.165) is 12.8 Å². The molecule has 0 spiro atoms. The van der Waals surface area contributed by atoms with Crippen LogP contribution in [0, 0.1) is 11.2 Å². The van der Waals surface area contributed by atoms with Crippen molar-refractivity contribution in [3.05, 3.63) is 34.6 Å². The lowest BCUT2D eigenvalue weighted by Gasteiger charge is -2.22. The standard InChI is InChI=1S/C13H17ClFN3/c14-10-2-1-9(12(15)7-10)8-18(11-3-4-11)6-5-13(16)17/h1-2,7,11H,3-6,8H2,(H3,16,17). The van der Waals surface area contributed by atoms with Gasteiger partial charge in [0, 0.05) is 36.1 Å². The number of halogens is 2. The summed E-state index contributed by atoms with van der Waals surface area (Å²) in [5, 5.41) is 7.67. The van der Waals surface area contributed by atoms with Gasteiger partial charge in [-0.15, -0.1) is 0 Å². The lowest BCUT2D eigenvalue weighted by Crippen LogP contribution is -2.29. The van der Waals surface area contributed by atoms with Crippen LogP contribution in [0.1, 0.15) is 24.8 Å². The summed E-state index contributed by atoms with van der Waals surface area (Å²) in [5.41, 5.74) is 6.02. The van der Waals surface area contributed by atoms with E-state index in [1.165, 1.54) is 6.07 Å². The second-order valence-electron chi connectivity index (χ2n) is 4.71. The molecule has 1 aromatic carbocycles. The Morgan fingerprint density at radius 2 is 2.22 bits per heavy atom.